The number of nitrogens with zero attached hydrogens (tertiary/aromatic N) is 4. The van der Waals surface area contributed by atoms with Crippen LogP contribution in [0.3, 0.4) is 0 Å². The molecule has 0 aliphatic heterocycles. The molecule has 0 bridgehead atoms. The summed E-state index contributed by atoms with van der Waals surface area (Å²) < 4.78 is 1.45. The highest BCUT2D eigenvalue weighted by molar-refractivity contribution is 5.77. The van der Waals surface area contributed by atoms with Crippen LogP contribution in [0.4, 0.5) is 0 Å². The van der Waals surface area contributed by atoms with Crippen LogP contribution in [0.15, 0.2) is 6.20 Å². The normalized spacial score (nSPS) is 10.6. The van der Waals surface area contributed by atoms with Crippen molar-refractivity contribution in [3.63, 3.8) is 0 Å². The fourth-order valence-electron chi connectivity index (χ4n) is 1.30. The molecule has 0 aliphatic carbocycles. The molecular weight excluding hydrogens is 248 g/mol. The van der Waals surface area contributed by atoms with Crippen LogP contribution in [0.1, 0.15) is 19.5 Å². The molecule has 1 rings (SSSR count). The van der Waals surface area contributed by atoms with Crippen LogP contribution in [0, 0.1) is 0 Å². The van der Waals surface area contributed by atoms with E-state index in [9.17, 15) is 9.59 Å². The Morgan fingerprint density at radius 2 is 2.21 bits per heavy atom. The Morgan fingerprint density at radius 1 is 1.53 bits per heavy atom. The molecule has 2 amide bonds. The summed E-state index contributed by atoms with van der Waals surface area (Å²) in [5.74, 6) is -0.303. The molecule has 0 unspecified atom stereocenters. The third-order valence-corrected chi connectivity index (χ3v) is 2.70. The monoisotopic (exact) mass is 268 g/mol. The topological polar surface area (TPSA) is 106 Å². The van der Waals surface area contributed by atoms with Gasteiger partial charge in [0.05, 0.1) is 19.3 Å². The molecule has 1 heterocycles. The van der Waals surface area contributed by atoms with Crippen LogP contribution in [0.5, 0.6) is 0 Å². The van der Waals surface area contributed by atoms with Crippen LogP contribution in [-0.2, 0) is 22.7 Å². The Hall–Kier alpha value is -1.96. The van der Waals surface area contributed by atoms with E-state index >= 15 is 0 Å². The van der Waals surface area contributed by atoms with Gasteiger partial charge in [0.15, 0.2) is 0 Å². The first-order valence-electron chi connectivity index (χ1n) is 6.05. The molecule has 3 N–H and O–H groups in total. The molecular formula is C11H20N6O2. The molecule has 0 aliphatic rings. The van der Waals surface area contributed by atoms with Crippen molar-refractivity contribution in [2.45, 2.75) is 33.0 Å². The van der Waals surface area contributed by atoms with Gasteiger partial charge in [-0.1, -0.05) is 5.21 Å². The Balaban J connectivity index is 2.51. The van der Waals surface area contributed by atoms with E-state index < -0.39 is 0 Å². The fraction of sp³-hybridized carbons (Fsp3) is 0.636. The van der Waals surface area contributed by atoms with Gasteiger partial charge in [-0.15, -0.1) is 5.10 Å². The lowest BCUT2D eigenvalue weighted by atomic mass is 10.3. The standard InChI is InChI=1S/C11H20N6O2/c1-8(2)16(3)11(19)7-17-6-9(14-15-17)5-13-10(18)4-12/h6,8H,4-5,7,12H2,1-3H3,(H,13,18). The summed E-state index contributed by atoms with van der Waals surface area (Å²) in [5, 5.41) is 10.3. The SMILES string of the molecule is CC(C)N(C)C(=O)Cn1cc(CNC(=O)CN)nn1. The van der Waals surface area contributed by atoms with Crippen LogP contribution in [-0.4, -0.2) is 51.3 Å². The summed E-state index contributed by atoms with van der Waals surface area (Å²) >= 11 is 0. The minimum atomic E-state index is -0.259. The van der Waals surface area contributed by atoms with Crippen molar-refractivity contribution in [1.82, 2.24) is 25.2 Å². The lowest BCUT2D eigenvalue weighted by Crippen LogP contribution is -2.35. The van der Waals surface area contributed by atoms with E-state index in [0.717, 1.165) is 0 Å². The maximum atomic E-state index is 11.8. The van der Waals surface area contributed by atoms with Gasteiger partial charge < -0.3 is 16.0 Å². The number of likely N-dealkylation sites (N-methyl/N-ethyl adjacent to an activating group) is 1. The number of hydrogen-bond acceptors (Lipinski definition) is 5. The molecule has 0 atom stereocenters. The molecule has 8 nitrogen and oxygen atoms in total. The number of nitrogens with two attached hydrogens (primary N) is 1. The number of hydrogen-bond donors (Lipinski definition) is 2. The molecule has 0 saturated carbocycles. The van der Waals surface area contributed by atoms with E-state index in [-0.39, 0.29) is 37.5 Å². The molecule has 0 spiro atoms. The van der Waals surface area contributed by atoms with Gasteiger partial charge in [0, 0.05) is 13.1 Å². The highest BCUT2D eigenvalue weighted by Crippen LogP contribution is 1.98. The third kappa shape index (κ3) is 4.66. The lowest BCUT2D eigenvalue weighted by Gasteiger charge is -2.20. The van der Waals surface area contributed by atoms with Gasteiger partial charge in [0.2, 0.25) is 11.8 Å². The molecule has 0 radical (unpaired) electrons. The van der Waals surface area contributed by atoms with Gasteiger partial charge in [-0.05, 0) is 13.8 Å². The Labute approximate surface area is 111 Å². The summed E-state index contributed by atoms with van der Waals surface area (Å²) in [7, 11) is 1.74. The largest absolute Gasteiger partial charge is 0.349 e. The summed E-state index contributed by atoms with van der Waals surface area (Å²) in [5.41, 5.74) is 5.75. The molecule has 8 heteroatoms. The Bertz CT molecular complexity index is 442. The van der Waals surface area contributed by atoms with Crippen LogP contribution < -0.4 is 11.1 Å². The summed E-state index contributed by atoms with van der Waals surface area (Å²) in [6.07, 6.45) is 1.63. The maximum Gasteiger partial charge on any atom is 0.244 e. The van der Waals surface area contributed by atoms with E-state index in [2.05, 4.69) is 15.6 Å². The van der Waals surface area contributed by atoms with E-state index in [1.165, 1.54) is 4.68 Å². The molecule has 0 fully saturated rings. The Morgan fingerprint density at radius 3 is 2.79 bits per heavy atom. The highest BCUT2D eigenvalue weighted by atomic mass is 16.2. The van der Waals surface area contributed by atoms with Gasteiger partial charge in [0.25, 0.3) is 0 Å². The molecule has 1 aromatic heterocycles. The fourth-order valence-corrected chi connectivity index (χ4v) is 1.30. The van der Waals surface area contributed by atoms with Crippen molar-refractivity contribution in [3.05, 3.63) is 11.9 Å². The van der Waals surface area contributed by atoms with Gasteiger partial charge in [0.1, 0.15) is 12.2 Å². The molecule has 0 aromatic carbocycles. The van der Waals surface area contributed by atoms with Crippen molar-refractivity contribution in [3.8, 4) is 0 Å². The summed E-state index contributed by atoms with van der Waals surface area (Å²) in [4.78, 5) is 24.4. The molecule has 19 heavy (non-hydrogen) atoms. The number of carbonyl (C=O) groups is 2. The second kappa shape index (κ2) is 6.83. The zero-order valence-electron chi connectivity index (χ0n) is 11.5. The smallest absolute Gasteiger partial charge is 0.244 e. The zero-order valence-corrected chi connectivity index (χ0v) is 11.5. The van der Waals surface area contributed by atoms with Crippen molar-refractivity contribution < 1.29 is 9.59 Å². The van der Waals surface area contributed by atoms with Gasteiger partial charge in [-0.2, -0.15) is 0 Å². The third-order valence-electron chi connectivity index (χ3n) is 2.70. The Kier molecular flexibility index (Phi) is 5.43. The van der Waals surface area contributed by atoms with Crippen molar-refractivity contribution >= 4 is 11.8 Å². The predicted octanol–water partition coefficient (Wildman–Crippen LogP) is -1.28. The van der Waals surface area contributed by atoms with E-state index in [1.807, 2.05) is 13.8 Å². The van der Waals surface area contributed by atoms with E-state index in [0.29, 0.717) is 5.69 Å². The van der Waals surface area contributed by atoms with Crippen LogP contribution in [0.25, 0.3) is 0 Å². The van der Waals surface area contributed by atoms with Crippen molar-refractivity contribution in [1.29, 1.82) is 0 Å². The second-order valence-electron chi connectivity index (χ2n) is 4.49. The van der Waals surface area contributed by atoms with Crippen LogP contribution in [0.2, 0.25) is 0 Å². The molecule has 106 valence electrons. The summed E-state index contributed by atoms with van der Waals surface area (Å²) in [6, 6.07) is 0.138. The number of amides is 2. The van der Waals surface area contributed by atoms with Gasteiger partial charge in [-0.3, -0.25) is 9.59 Å². The molecule has 1 aromatic rings. The number of nitrogens with one attached hydrogen (secondary N) is 1. The first-order valence-corrected chi connectivity index (χ1v) is 6.05. The van der Waals surface area contributed by atoms with Gasteiger partial charge >= 0.3 is 0 Å². The number of aromatic nitrogens is 3. The second-order valence-corrected chi connectivity index (χ2v) is 4.49. The van der Waals surface area contributed by atoms with E-state index in [1.54, 1.807) is 18.1 Å². The average molecular weight is 268 g/mol. The first-order chi connectivity index (χ1) is 8.93. The van der Waals surface area contributed by atoms with Gasteiger partial charge in [-0.25, -0.2) is 4.68 Å². The van der Waals surface area contributed by atoms with Crippen molar-refractivity contribution in [2.75, 3.05) is 13.6 Å². The van der Waals surface area contributed by atoms with Crippen LogP contribution >= 0.6 is 0 Å². The molecule has 0 saturated heterocycles. The number of rotatable bonds is 6. The van der Waals surface area contributed by atoms with E-state index in [4.69, 9.17) is 5.73 Å². The average Bonchev–Trinajstić information content (AvgIpc) is 2.82. The van der Waals surface area contributed by atoms with Crippen molar-refractivity contribution in [2.24, 2.45) is 5.73 Å². The lowest BCUT2D eigenvalue weighted by molar-refractivity contribution is -0.132. The quantitative estimate of drug-likeness (QED) is 0.668. The minimum Gasteiger partial charge on any atom is -0.349 e. The minimum absolute atomic E-state index is 0.0440. The predicted molar refractivity (Wildman–Crippen MR) is 68.8 cm³/mol. The maximum absolute atomic E-state index is 11.8. The summed E-state index contributed by atoms with van der Waals surface area (Å²) in [6.45, 7) is 4.20. The zero-order chi connectivity index (χ0) is 14.4. The first kappa shape index (κ1) is 15.1. The number of carbonyl (C=O) groups excluding carboxylic acids is 2. The highest BCUT2D eigenvalue weighted by Gasteiger charge is 2.13.